The number of carboxylic acids is 1. The summed E-state index contributed by atoms with van der Waals surface area (Å²) >= 11 is 0. The smallest absolute Gasteiger partial charge is 0.550 e. The van der Waals surface area contributed by atoms with Crippen molar-refractivity contribution < 1.29 is 61.3 Å². The third kappa shape index (κ3) is 51.2. The van der Waals surface area contributed by atoms with Crippen molar-refractivity contribution in [1.29, 1.82) is 0 Å². The number of hydrogen-bond donors (Lipinski definition) is 0. The van der Waals surface area contributed by atoms with Crippen LogP contribution in [0.2, 0.25) is 0 Å². The van der Waals surface area contributed by atoms with Gasteiger partial charge in [-0.3, -0.25) is 0 Å². The Bertz CT molecular complexity index is 594. The molecule has 0 aromatic carbocycles. The molecule has 0 radical (unpaired) electrons. The van der Waals surface area contributed by atoms with Crippen LogP contribution in [0.5, 0.6) is 0 Å². The van der Waals surface area contributed by atoms with Crippen LogP contribution in [0.1, 0.15) is 296 Å². The van der Waals surface area contributed by atoms with Gasteiger partial charge in [-0.05, 0) is 12.8 Å². The van der Waals surface area contributed by atoms with Crippen molar-refractivity contribution in [2.24, 2.45) is 0 Å². The summed E-state index contributed by atoms with van der Waals surface area (Å²) in [7, 11) is 0. The Kier molecular flexibility index (Phi) is 53.3. The molecule has 294 valence electrons. The average molecular weight is 729 g/mol. The fourth-order valence-electron chi connectivity index (χ4n) is 7.77. The normalized spacial score (nSPS) is 11.3. The summed E-state index contributed by atoms with van der Waals surface area (Å²) in [5, 5.41) is 10.4. The molecule has 50 heavy (non-hydrogen) atoms. The van der Waals surface area contributed by atoms with E-state index in [0.717, 1.165) is 12.8 Å². The Hall–Kier alpha value is 1.11. The van der Waals surface area contributed by atoms with Crippen LogP contribution in [0, 0.1) is 0 Å². The second kappa shape index (κ2) is 50.1. The monoisotopic (exact) mass is 729 g/mol. The summed E-state index contributed by atoms with van der Waals surface area (Å²) in [6, 6.07) is 0. The Morgan fingerprint density at radius 3 is 0.500 bits per heavy atom. The topological polar surface area (TPSA) is 40.1 Å². The van der Waals surface area contributed by atoms with Crippen LogP contribution >= 0.6 is 0 Å². The molecule has 0 saturated heterocycles. The van der Waals surface area contributed by atoms with Gasteiger partial charge in [-0.25, -0.2) is 0 Å². The van der Waals surface area contributed by atoms with Gasteiger partial charge in [0.05, 0.1) is 0 Å². The quantitative estimate of drug-likeness (QED) is 0.0463. The molecule has 0 unspecified atom stereocenters. The molecule has 0 aliphatic rings. The molecule has 0 rings (SSSR count). The van der Waals surface area contributed by atoms with Crippen LogP contribution in [0.15, 0.2) is 0 Å². The second-order valence-electron chi connectivity index (χ2n) is 16.3. The maximum absolute atomic E-state index is 10.4. The SMILES string of the molecule is CCCCCCCCCCCCCCCCCCCCCCCCCCCCCCCCCCCCCCCCCCCCCCC(=O)[O-].[K+]. The van der Waals surface area contributed by atoms with E-state index in [1.807, 2.05) is 0 Å². The predicted octanol–water partition coefficient (Wildman–Crippen LogP) is 13.3. The minimum atomic E-state index is -0.896. The van der Waals surface area contributed by atoms with Crippen molar-refractivity contribution in [2.75, 3.05) is 0 Å². The van der Waals surface area contributed by atoms with E-state index in [4.69, 9.17) is 0 Å². The Morgan fingerprint density at radius 2 is 0.380 bits per heavy atom. The molecular formula is C47H93KO2. The number of aliphatic carboxylic acids is 1. The van der Waals surface area contributed by atoms with E-state index in [9.17, 15) is 9.90 Å². The molecule has 0 bridgehead atoms. The summed E-state index contributed by atoms with van der Waals surface area (Å²) in [4.78, 5) is 10.4. The molecule has 0 fully saturated rings. The zero-order valence-electron chi connectivity index (χ0n) is 35.1. The number of carbonyl (C=O) groups is 1. The number of hydrogen-bond acceptors (Lipinski definition) is 2. The van der Waals surface area contributed by atoms with Crippen LogP contribution < -0.4 is 56.5 Å². The fourth-order valence-corrected chi connectivity index (χ4v) is 7.77. The number of carbonyl (C=O) groups excluding carboxylic acids is 1. The van der Waals surface area contributed by atoms with Crippen molar-refractivity contribution in [3.8, 4) is 0 Å². The van der Waals surface area contributed by atoms with Crippen molar-refractivity contribution >= 4 is 5.97 Å². The average Bonchev–Trinajstić information content (AvgIpc) is 3.10. The van der Waals surface area contributed by atoms with Gasteiger partial charge < -0.3 is 9.90 Å². The van der Waals surface area contributed by atoms with Crippen molar-refractivity contribution in [1.82, 2.24) is 0 Å². The fraction of sp³-hybridized carbons (Fsp3) is 0.979. The first kappa shape index (κ1) is 53.2. The molecule has 0 aromatic rings. The first-order chi connectivity index (χ1) is 24.3. The van der Waals surface area contributed by atoms with E-state index in [2.05, 4.69) is 6.92 Å². The van der Waals surface area contributed by atoms with Gasteiger partial charge in [0.15, 0.2) is 0 Å². The van der Waals surface area contributed by atoms with Gasteiger partial charge in [0, 0.05) is 5.97 Å². The van der Waals surface area contributed by atoms with Crippen LogP contribution in [-0.4, -0.2) is 5.97 Å². The molecular weight excluding hydrogens is 636 g/mol. The largest absolute Gasteiger partial charge is 1.00 e. The van der Waals surface area contributed by atoms with E-state index in [0.29, 0.717) is 0 Å². The zero-order valence-corrected chi connectivity index (χ0v) is 38.3. The minimum Gasteiger partial charge on any atom is -0.550 e. The molecule has 0 saturated carbocycles. The molecule has 0 aliphatic carbocycles. The molecule has 0 N–H and O–H groups in total. The van der Waals surface area contributed by atoms with Gasteiger partial charge >= 0.3 is 51.4 Å². The first-order valence-corrected chi connectivity index (χ1v) is 23.5. The Labute approximate surface area is 359 Å². The van der Waals surface area contributed by atoms with E-state index in [-0.39, 0.29) is 57.8 Å². The first-order valence-electron chi connectivity index (χ1n) is 23.5. The minimum absolute atomic E-state index is 0. The van der Waals surface area contributed by atoms with Crippen molar-refractivity contribution in [3.05, 3.63) is 0 Å². The number of rotatable bonds is 45. The van der Waals surface area contributed by atoms with Gasteiger partial charge in [0.2, 0.25) is 0 Å². The summed E-state index contributed by atoms with van der Waals surface area (Å²) < 4.78 is 0. The third-order valence-electron chi connectivity index (χ3n) is 11.2. The molecule has 3 heteroatoms. The molecule has 0 aliphatic heterocycles. The van der Waals surface area contributed by atoms with Crippen LogP contribution in [0.4, 0.5) is 0 Å². The number of unbranched alkanes of at least 4 members (excludes halogenated alkanes) is 43. The van der Waals surface area contributed by atoms with E-state index >= 15 is 0 Å². The Balaban J connectivity index is 0. The van der Waals surface area contributed by atoms with Crippen molar-refractivity contribution in [2.45, 2.75) is 296 Å². The number of carboxylic acid groups (broad SMARTS) is 1. The molecule has 0 aromatic heterocycles. The van der Waals surface area contributed by atoms with Gasteiger partial charge in [-0.15, -0.1) is 0 Å². The van der Waals surface area contributed by atoms with Crippen LogP contribution in [-0.2, 0) is 4.79 Å². The van der Waals surface area contributed by atoms with Gasteiger partial charge in [0.1, 0.15) is 0 Å². The molecule has 0 spiro atoms. The van der Waals surface area contributed by atoms with E-state index in [1.165, 1.54) is 270 Å². The van der Waals surface area contributed by atoms with Crippen LogP contribution in [0.25, 0.3) is 0 Å². The maximum atomic E-state index is 10.4. The van der Waals surface area contributed by atoms with Gasteiger partial charge in [-0.2, -0.15) is 0 Å². The van der Waals surface area contributed by atoms with Gasteiger partial charge in [-0.1, -0.05) is 283 Å². The molecule has 0 amide bonds. The van der Waals surface area contributed by atoms with E-state index < -0.39 is 5.97 Å². The summed E-state index contributed by atoms with van der Waals surface area (Å²) in [6.07, 6.45) is 63.0. The second-order valence-corrected chi connectivity index (χ2v) is 16.3. The zero-order chi connectivity index (χ0) is 35.4. The predicted molar refractivity (Wildman–Crippen MR) is 218 cm³/mol. The standard InChI is InChI=1S/C47H94O2.K/c1-2-3-4-5-6-7-8-9-10-11-12-13-14-15-16-17-18-19-20-21-22-23-24-25-26-27-28-29-30-31-32-33-34-35-36-37-38-39-40-41-42-43-44-45-46-47(48)49;/h2-46H2,1H3,(H,48,49);/q;+1/p-1. The Morgan fingerprint density at radius 1 is 0.260 bits per heavy atom. The third-order valence-corrected chi connectivity index (χ3v) is 11.2. The van der Waals surface area contributed by atoms with E-state index in [1.54, 1.807) is 0 Å². The molecule has 0 heterocycles. The maximum Gasteiger partial charge on any atom is 1.00 e. The van der Waals surface area contributed by atoms with Crippen molar-refractivity contribution in [3.63, 3.8) is 0 Å². The summed E-state index contributed by atoms with van der Waals surface area (Å²) in [5.41, 5.74) is 0. The molecule has 0 atom stereocenters. The van der Waals surface area contributed by atoms with Crippen LogP contribution in [0.3, 0.4) is 0 Å². The molecule has 2 nitrogen and oxygen atoms in total. The summed E-state index contributed by atoms with van der Waals surface area (Å²) in [5.74, 6) is -0.896. The summed E-state index contributed by atoms with van der Waals surface area (Å²) in [6.45, 7) is 2.31. The van der Waals surface area contributed by atoms with Gasteiger partial charge in [0.25, 0.3) is 0 Å².